The van der Waals surface area contributed by atoms with Crippen LogP contribution in [0.2, 0.25) is 0 Å². The Hall–Kier alpha value is -0.660. The maximum Gasteiger partial charge on any atom is 0.135 e. The molecular formula is C15H26O2. The molecule has 2 heteroatoms. The SMILES string of the molecule is CC1CCC(C(C)C)CC(=O)C(C)CCC1=O. The zero-order chi connectivity index (χ0) is 13.0. The summed E-state index contributed by atoms with van der Waals surface area (Å²) in [5.74, 6) is 1.92. The molecule has 0 N–H and O–H groups in total. The van der Waals surface area contributed by atoms with Crippen LogP contribution in [-0.4, -0.2) is 11.6 Å². The van der Waals surface area contributed by atoms with Gasteiger partial charge in [-0.25, -0.2) is 0 Å². The first kappa shape index (κ1) is 14.4. The molecule has 98 valence electrons. The molecule has 1 rings (SSSR count). The Balaban J connectivity index is 2.73. The van der Waals surface area contributed by atoms with E-state index in [9.17, 15) is 9.59 Å². The van der Waals surface area contributed by atoms with Gasteiger partial charge < -0.3 is 0 Å². The van der Waals surface area contributed by atoms with Gasteiger partial charge in [0.1, 0.15) is 11.6 Å². The molecule has 0 bridgehead atoms. The minimum absolute atomic E-state index is 0.0606. The lowest BCUT2D eigenvalue weighted by atomic mass is 9.79. The molecule has 0 heterocycles. The maximum absolute atomic E-state index is 12.0. The molecule has 0 aromatic heterocycles. The van der Waals surface area contributed by atoms with Crippen molar-refractivity contribution < 1.29 is 9.59 Å². The van der Waals surface area contributed by atoms with Gasteiger partial charge in [0.25, 0.3) is 0 Å². The predicted molar refractivity (Wildman–Crippen MR) is 69.8 cm³/mol. The summed E-state index contributed by atoms with van der Waals surface area (Å²) in [7, 11) is 0. The summed E-state index contributed by atoms with van der Waals surface area (Å²) in [6.07, 6.45) is 4.00. The van der Waals surface area contributed by atoms with Crippen LogP contribution >= 0.6 is 0 Å². The van der Waals surface area contributed by atoms with Gasteiger partial charge in [-0.2, -0.15) is 0 Å². The fraction of sp³-hybridized carbons (Fsp3) is 0.867. The maximum atomic E-state index is 12.0. The molecule has 0 aliphatic heterocycles. The van der Waals surface area contributed by atoms with Crippen LogP contribution in [0.3, 0.4) is 0 Å². The number of Topliss-reactive ketones (excluding diaryl/α,β-unsaturated/α-hetero) is 2. The van der Waals surface area contributed by atoms with Gasteiger partial charge >= 0.3 is 0 Å². The lowest BCUT2D eigenvalue weighted by Gasteiger charge is -2.25. The largest absolute Gasteiger partial charge is 0.299 e. The summed E-state index contributed by atoms with van der Waals surface area (Å²) in [5, 5.41) is 0. The first-order chi connectivity index (χ1) is 7.91. The zero-order valence-corrected chi connectivity index (χ0v) is 11.7. The van der Waals surface area contributed by atoms with E-state index in [-0.39, 0.29) is 11.8 Å². The van der Waals surface area contributed by atoms with Crippen molar-refractivity contribution in [2.75, 3.05) is 0 Å². The fourth-order valence-corrected chi connectivity index (χ4v) is 2.52. The number of carbonyl (C=O) groups is 2. The Bertz CT molecular complexity index is 281. The molecule has 17 heavy (non-hydrogen) atoms. The van der Waals surface area contributed by atoms with E-state index in [1.807, 2.05) is 13.8 Å². The van der Waals surface area contributed by atoms with E-state index >= 15 is 0 Å². The molecule has 1 fully saturated rings. The molecular weight excluding hydrogens is 212 g/mol. The second-order valence-corrected chi connectivity index (χ2v) is 6.06. The third-order valence-electron chi connectivity index (χ3n) is 4.30. The Morgan fingerprint density at radius 1 is 0.941 bits per heavy atom. The normalized spacial score (nSPS) is 32.9. The van der Waals surface area contributed by atoms with E-state index in [0.717, 1.165) is 19.3 Å². The predicted octanol–water partition coefficient (Wildman–Crippen LogP) is 3.63. The molecule has 1 saturated carbocycles. The van der Waals surface area contributed by atoms with Gasteiger partial charge in [-0.15, -0.1) is 0 Å². The van der Waals surface area contributed by atoms with Gasteiger partial charge in [-0.1, -0.05) is 27.7 Å². The summed E-state index contributed by atoms with van der Waals surface area (Å²) in [6, 6.07) is 0. The smallest absolute Gasteiger partial charge is 0.135 e. The standard InChI is InChI=1S/C15H26O2/c1-10(2)13-7-5-11(3)14(16)8-6-12(4)15(17)9-13/h10-13H,5-9H2,1-4H3. The minimum atomic E-state index is 0.0606. The first-order valence-corrected chi connectivity index (χ1v) is 6.97. The molecule has 0 spiro atoms. The number of rotatable bonds is 1. The van der Waals surface area contributed by atoms with Gasteiger partial charge in [0.15, 0.2) is 0 Å². The van der Waals surface area contributed by atoms with E-state index in [1.54, 1.807) is 0 Å². The number of ketones is 2. The van der Waals surface area contributed by atoms with Crippen LogP contribution in [0.5, 0.6) is 0 Å². The number of hydrogen-bond acceptors (Lipinski definition) is 2. The van der Waals surface area contributed by atoms with E-state index in [2.05, 4.69) is 13.8 Å². The molecule has 0 amide bonds. The lowest BCUT2D eigenvalue weighted by molar-refractivity contribution is -0.126. The molecule has 0 saturated heterocycles. The van der Waals surface area contributed by atoms with Gasteiger partial charge in [0.05, 0.1) is 0 Å². The van der Waals surface area contributed by atoms with Gasteiger partial charge in [0, 0.05) is 24.7 Å². The highest BCUT2D eigenvalue weighted by atomic mass is 16.1. The Labute approximate surface area is 105 Å². The van der Waals surface area contributed by atoms with E-state index in [1.165, 1.54) is 0 Å². The molecule has 3 unspecified atom stereocenters. The van der Waals surface area contributed by atoms with Crippen molar-refractivity contribution in [2.45, 2.75) is 59.8 Å². The molecule has 1 aliphatic rings. The second-order valence-electron chi connectivity index (χ2n) is 6.06. The van der Waals surface area contributed by atoms with Crippen molar-refractivity contribution in [3.8, 4) is 0 Å². The number of hydrogen-bond donors (Lipinski definition) is 0. The van der Waals surface area contributed by atoms with Crippen LogP contribution < -0.4 is 0 Å². The summed E-state index contributed by atoms with van der Waals surface area (Å²) in [5.41, 5.74) is 0. The quantitative estimate of drug-likeness (QED) is 0.699. The average molecular weight is 238 g/mol. The first-order valence-electron chi connectivity index (χ1n) is 6.97. The Morgan fingerprint density at radius 2 is 1.53 bits per heavy atom. The minimum Gasteiger partial charge on any atom is -0.299 e. The summed E-state index contributed by atoms with van der Waals surface area (Å²) >= 11 is 0. The van der Waals surface area contributed by atoms with Gasteiger partial charge in [-0.3, -0.25) is 9.59 Å². The Morgan fingerprint density at radius 3 is 2.12 bits per heavy atom. The summed E-state index contributed by atoms with van der Waals surface area (Å²) < 4.78 is 0. The highest BCUT2D eigenvalue weighted by Crippen LogP contribution is 2.28. The van der Waals surface area contributed by atoms with Crippen molar-refractivity contribution in [3.63, 3.8) is 0 Å². The molecule has 3 atom stereocenters. The van der Waals surface area contributed by atoms with Crippen molar-refractivity contribution in [1.29, 1.82) is 0 Å². The average Bonchev–Trinajstić information content (AvgIpc) is 2.28. The third kappa shape index (κ3) is 4.25. The van der Waals surface area contributed by atoms with Crippen molar-refractivity contribution in [1.82, 2.24) is 0 Å². The van der Waals surface area contributed by atoms with Crippen molar-refractivity contribution in [3.05, 3.63) is 0 Å². The molecule has 0 aromatic carbocycles. The second kappa shape index (κ2) is 6.32. The van der Waals surface area contributed by atoms with Crippen LogP contribution in [-0.2, 0) is 9.59 Å². The fourth-order valence-electron chi connectivity index (χ4n) is 2.52. The van der Waals surface area contributed by atoms with Crippen LogP contribution in [0.1, 0.15) is 59.8 Å². The van der Waals surface area contributed by atoms with Crippen LogP contribution in [0, 0.1) is 23.7 Å². The Kier molecular flexibility index (Phi) is 5.35. The van der Waals surface area contributed by atoms with Crippen LogP contribution in [0.4, 0.5) is 0 Å². The third-order valence-corrected chi connectivity index (χ3v) is 4.30. The van der Waals surface area contributed by atoms with Gasteiger partial charge in [0.2, 0.25) is 0 Å². The van der Waals surface area contributed by atoms with Crippen LogP contribution in [0.25, 0.3) is 0 Å². The van der Waals surface area contributed by atoms with Crippen molar-refractivity contribution >= 4 is 11.6 Å². The summed E-state index contributed by atoms with van der Waals surface area (Å²) in [6.45, 7) is 8.37. The highest BCUT2D eigenvalue weighted by Gasteiger charge is 2.25. The van der Waals surface area contributed by atoms with E-state index in [4.69, 9.17) is 0 Å². The zero-order valence-electron chi connectivity index (χ0n) is 11.7. The molecule has 0 radical (unpaired) electrons. The van der Waals surface area contributed by atoms with E-state index < -0.39 is 0 Å². The molecule has 2 nitrogen and oxygen atoms in total. The van der Waals surface area contributed by atoms with Crippen LogP contribution in [0.15, 0.2) is 0 Å². The van der Waals surface area contributed by atoms with E-state index in [0.29, 0.717) is 36.2 Å². The number of carbonyl (C=O) groups excluding carboxylic acids is 2. The monoisotopic (exact) mass is 238 g/mol. The summed E-state index contributed by atoms with van der Waals surface area (Å²) in [4.78, 5) is 23.9. The van der Waals surface area contributed by atoms with Gasteiger partial charge in [-0.05, 0) is 31.1 Å². The topological polar surface area (TPSA) is 34.1 Å². The highest BCUT2D eigenvalue weighted by molar-refractivity contribution is 5.84. The molecule has 1 aliphatic carbocycles. The molecule has 0 aromatic rings. The van der Waals surface area contributed by atoms with Crippen molar-refractivity contribution in [2.24, 2.45) is 23.7 Å². The lowest BCUT2D eigenvalue weighted by Crippen LogP contribution is -2.24.